The maximum atomic E-state index is 13.2. The molecule has 3 aromatic rings. The lowest BCUT2D eigenvalue weighted by Crippen LogP contribution is -2.44. The number of nitrogens with zero attached hydrogens (tertiary/aromatic N) is 2. The fourth-order valence-corrected chi connectivity index (χ4v) is 3.66. The first-order chi connectivity index (χ1) is 13.8. The maximum absolute atomic E-state index is 13.2. The van der Waals surface area contributed by atoms with E-state index in [1.807, 2.05) is 0 Å². The highest BCUT2D eigenvalue weighted by Gasteiger charge is 2.23. The van der Waals surface area contributed by atoms with Gasteiger partial charge in [-0.1, -0.05) is 0 Å². The van der Waals surface area contributed by atoms with E-state index in [1.165, 1.54) is 19.1 Å². The van der Waals surface area contributed by atoms with E-state index in [0.29, 0.717) is 22.8 Å². The monoisotopic (exact) mass is 418 g/mol. The van der Waals surface area contributed by atoms with Crippen molar-refractivity contribution in [2.75, 3.05) is 6.54 Å². The second kappa shape index (κ2) is 8.39. The van der Waals surface area contributed by atoms with Crippen molar-refractivity contribution in [3.05, 3.63) is 46.7 Å². The molecule has 0 spiro atoms. The van der Waals surface area contributed by atoms with Gasteiger partial charge in [-0.05, 0) is 51.1 Å². The standard InChI is InChI=1S/C19H19FN4O4S/c1-4-21-19(27)22-16(25)11(3)28-18(26)15-9-14-10(2)23-24(17(14)29-15)13-7-5-12(20)6-8-13/h5-9,11H,4H2,1-3H3,(H2,21,22,25,27). The molecule has 1 atom stereocenters. The van der Waals surface area contributed by atoms with Gasteiger partial charge in [0.25, 0.3) is 5.91 Å². The number of ether oxygens (including phenoxy) is 1. The topological polar surface area (TPSA) is 102 Å². The van der Waals surface area contributed by atoms with Gasteiger partial charge < -0.3 is 10.1 Å². The molecule has 3 rings (SSSR count). The van der Waals surface area contributed by atoms with E-state index in [2.05, 4.69) is 15.7 Å². The molecule has 152 valence electrons. The molecule has 0 saturated carbocycles. The first-order valence-corrected chi connectivity index (χ1v) is 9.66. The van der Waals surface area contributed by atoms with Crippen LogP contribution in [-0.4, -0.2) is 40.3 Å². The molecule has 2 heterocycles. The van der Waals surface area contributed by atoms with Gasteiger partial charge in [-0.15, -0.1) is 11.3 Å². The van der Waals surface area contributed by atoms with Gasteiger partial charge in [0, 0.05) is 11.9 Å². The van der Waals surface area contributed by atoms with E-state index in [4.69, 9.17) is 4.74 Å². The summed E-state index contributed by atoms with van der Waals surface area (Å²) in [6.07, 6.45) is -1.15. The van der Waals surface area contributed by atoms with E-state index in [9.17, 15) is 18.8 Å². The maximum Gasteiger partial charge on any atom is 0.349 e. The van der Waals surface area contributed by atoms with Gasteiger partial charge in [0.15, 0.2) is 6.10 Å². The molecule has 3 amide bonds. The lowest BCUT2D eigenvalue weighted by Gasteiger charge is -2.12. The summed E-state index contributed by atoms with van der Waals surface area (Å²) in [5.41, 5.74) is 1.35. The van der Waals surface area contributed by atoms with E-state index < -0.39 is 24.0 Å². The zero-order valence-corrected chi connectivity index (χ0v) is 16.8. The summed E-state index contributed by atoms with van der Waals surface area (Å²) in [7, 11) is 0. The molecule has 0 fully saturated rings. The van der Waals surface area contributed by atoms with E-state index >= 15 is 0 Å². The summed E-state index contributed by atoms with van der Waals surface area (Å²) in [6, 6.07) is 6.82. The van der Waals surface area contributed by atoms with E-state index in [0.717, 1.165) is 16.7 Å². The Balaban J connectivity index is 1.79. The third-order valence-corrected chi connectivity index (χ3v) is 5.13. The molecule has 1 unspecified atom stereocenters. The Hall–Kier alpha value is -3.27. The zero-order chi connectivity index (χ0) is 21.1. The SMILES string of the molecule is CCNC(=O)NC(=O)C(C)OC(=O)c1cc2c(C)nn(-c3ccc(F)cc3)c2s1. The molecule has 29 heavy (non-hydrogen) atoms. The average molecular weight is 418 g/mol. The number of hydrogen-bond donors (Lipinski definition) is 2. The third-order valence-electron chi connectivity index (χ3n) is 4.04. The van der Waals surface area contributed by atoms with Crippen LogP contribution < -0.4 is 10.6 Å². The molecule has 10 heteroatoms. The predicted octanol–water partition coefficient (Wildman–Crippen LogP) is 2.93. The fourth-order valence-electron chi connectivity index (χ4n) is 2.60. The minimum absolute atomic E-state index is 0.286. The Kier molecular flexibility index (Phi) is 5.92. The number of carbonyl (C=O) groups excluding carboxylic acids is 3. The van der Waals surface area contributed by atoms with Crippen LogP contribution in [0.3, 0.4) is 0 Å². The number of hydrogen-bond acceptors (Lipinski definition) is 6. The van der Waals surface area contributed by atoms with Gasteiger partial charge in [-0.2, -0.15) is 5.10 Å². The number of urea groups is 1. The average Bonchev–Trinajstić information content (AvgIpc) is 3.23. The second-order valence-electron chi connectivity index (χ2n) is 6.20. The normalized spacial score (nSPS) is 11.9. The number of benzene rings is 1. The minimum atomic E-state index is -1.15. The summed E-state index contributed by atoms with van der Waals surface area (Å²) < 4.78 is 20.0. The summed E-state index contributed by atoms with van der Waals surface area (Å²) in [6.45, 7) is 5.25. The van der Waals surface area contributed by atoms with Crippen LogP contribution in [0, 0.1) is 12.7 Å². The van der Waals surface area contributed by atoms with Crippen LogP contribution in [0.5, 0.6) is 0 Å². The van der Waals surface area contributed by atoms with Crippen molar-refractivity contribution in [2.24, 2.45) is 0 Å². The van der Waals surface area contributed by atoms with Crippen LogP contribution in [0.15, 0.2) is 30.3 Å². The number of rotatable bonds is 5. The number of carbonyl (C=O) groups is 3. The first-order valence-electron chi connectivity index (χ1n) is 8.85. The molecule has 0 aliphatic rings. The summed E-state index contributed by atoms with van der Waals surface area (Å²) >= 11 is 1.15. The number of thiophene rings is 1. The molecule has 1 aromatic carbocycles. The Bertz CT molecular complexity index is 1070. The van der Waals surface area contributed by atoms with Gasteiger partial charge in [0.2, 0.25) is 0 Å². The van der Waals surface area contributed by atoms with Crippen LogP contribution in [0.2, 0.25) is 0 Å². The Morgan fingerprint density at radius 3 is 2.62 bits per heavy atom. The first kappa shape index (κ1) is 20.5. The molecule has 2 aromatic heterocycles. The number of nitrogens with one attached hydrogen (secondary N) is 2. The number of esters is 1. The van der Waals surface area contributed by atoms with Crippen molar-refractivity contribution in [3.8, 4) is 5.69 Å². The smallest absolute Gasteiger partial charge is 0.349 e. The van der Waals surface area contributed by atoms with E-state index in [-0.39, 0.29) is 10.7 Å². The van der Waals surface area contributed by atoms with Crippen LogP contribution in [0.25, 0.3) is 15.9 Å². The molecular formula is C19H19FN4O4S. The molecule has 0 radical (unpaired) electrons. The van der Waals surface area contributed by atoms with Crippen LogP contribution in [0.1, 0.15) is 29.2 Å². The number of halogens is 1. The number of aryl methyl sites for hydroxylation is 1. The molecule has 0 aliphatic carbocycles. The second-order valence-corrected chi connectivity index (χ2v) is 7.23. The van der Waals surface area contributed by atoms with Crippen molar-refractivity contribution in [1.82, 2.24) is 20.4 Å². The minimum Gasteiger partial charge on any atom is -0.448 e. The molecule has 0 saturated heterocycles. The molecular weight excluding hydrogens is 399 g/mol. The summed E-state index contributed by atoms with van der Waals surface area (Å²) in [4.78, 5) is 36.8. The molecule has 2 N–H and O–H groups in total. The Morgan fingerprint density at radius 1 is 1.28 bits per heavy atom. The fraction of sp³-hybridized carbons (Fsp3) is 0.263. The van der Waals surface area contributed by atoms with Crippen LogP contribution >= 0.6 is 11.3 Å². The number of imide groups is 1. The van der Waals surface area contributed by atoms with Crippen LogP contribution in [0.4, 0.5) is 9.18 Å². The van der Waals surface area contributed by atoms with Gasteiger partial charge >= 0.3 is 12.0 Å². The van der Waals surface area contributed by atoms with Gasteiger partial charge in [0.1, 0.15) is 15.5 Å². The zero-order valence-electron chi connectivity index (χ0n) is 16.0. The highest BCUT2D eigenvalue weighted by atomic mass is 32.1. The van der Waals surface area contributed by atoms with Crippen molar-refractivity contribution >= 4 is 39.5 Å². The lowest BCUT2D eigenvalue weighted by molar-refractivity contribution is -0.127. The quantitative estimate of drug-likeness (QED) is 0.621. The molecule has 0 aliphatic heterocycles. The third kappa shape index (κ3) is 4.43. The van der Waals surface area contributed by atoms with Crippen LogP contribution in [-0.2, 0) is 9.53 Å². The van der Waals surface area contributed by atoms with Crippen molar-refractivity contribution in [1.29, 1.82) is 0 Å². The summed E-state index contributed by atoms with van der Waals surface area (Å²) in [5.74, 6) is -1.77. The van der Waals surface area contributed by atoms with E-state index in [1.54, 1.807) is 36.7 Å². The number of amides is 3. The van der Waals surface area contributed by atoms with Gasteiger partial charge in [0.05, 0.1) is 11.4 Å². The predicted molar refractivity (Wildman–Crippen MR) is 106 cm³/mol. The molecule has 0 bridgehead atoms. The Labute approximate surface area is 169 Å². The highest BCUT2D eigenvalue weighted by Crippen LogP contribution is 2.31. The Morgan fingerprint density at radius 2 is 1.97 bits per heavy atom. The summed E-state index contributed by atoms with van der Waals surface area (Å²) in [5, 5.41) is 9.70. The number of aromatic nitrogens is 2. The lowest BCUT2D eigenvalue weighted by atomic mass is 10.3. The van der Waals surface area contributed by atoms with Crippen molar-refractivity contribution in [2.45, 2.75) is 26.9 Å². The van der Waals surface area contributed by atoms with Crippen molar-refractivity contribution < 1.29 is 23.5 Å². The molecule has 8 nitrogen and oxygen atoms in total. The van der Waals surface area contributed by atoms with Gasteiger partial charge in [-0.3, -0.25) is 10.1 Å². The largest absolute Gasteiger partial charge is 0.448 e. The van der Waals surface area contributed by atoms with Gasteiger partial charge in [-0.25, -0.2) is 18.7 Å². The van der Waals surface area contributed by atoms with Crippen molar-refractivity contribution in [3.63, 3.8) is 0 Å². The highest BCUT2D eigenvalue weighted by molar-refractivity contribution is 7.20. The number of fused-ring (bicyclic) bond motifs is 1.